The zero-order valence-electron chi connectivity index (χ0n) is 22.6. The molecule has 11 heteroatoms. The molecule has 1 aliphatic rings. The number of rotatable bonds is 7. The van der Waals surface area contributed by atoms with E-state index in [1.165, 1.54) is 12.4 Å². The smallest absolute Gasteiger partial charge is 0.256 e. The van der Waals surface area contributed by atoms with Gasteiger partial charge in [0.25, 0.3) is 5.91 Å². The molecule has 11 nitrogen and oxygen atoms in total. The molecule has 1 atom stereocenters. The molecule has 1 unspecified atom stereocenters. The number of hydrogen-bond acceptors (Lipinski definition) is 10. The lowest BCUT2D eigenvalue weighted by molar-refractivity contribution is 0.0977. The fourth-order valence-corrected chi connectivity index (χ4v) is 4.07. The molecule has 1 aliphatic heterocycles. The van der Waals surface area contributed by atoms with Gasteiger partial charge in [0.2, 0.25) is 5.95 Å². The summed E-state index contributed by atoms with van der Waals surface area (Å²) in [4.78, 5) is 32.9. The minimum atomic E-state index is -0.406. The molecule has 4 rings (SSSR count). The summed E-state index contributed by atoms with van der Waals surface area (Å²) in [6.45, 7) is 9.21. The first-order valence-electron chi connectivity index (χ1n) is 12.4. The number of aryl methyl sites for hydroxylation is 1. The number of aromatic nitrogens is 4. The molecule has 38 heavy (non-hydrogen) atoms. The van der Waals surface area contributed by atoms with E-state index in [9.17, 15) is 4.79 Å². The first kappa shape index (κ1) is 26.9. The minimum absolute atomic E-state index is 0.0559. The summed E-state index contributed by atoms with van der Waals surface area (Å²) < 4.78 is 10.9. The lowest BCUT2D eigenvalue weighted by atomic mass is 9.93. The first-order chi connectivity index (χ1) is 18.1. The van der Waals surface area contributed by atoms with E-state index < -0.39 is 5.91 Å². The van der Waals surface area contributed by atoms with E-state index in [4.69, 9.17) is 19.9 Å². The molecule has 0 bridgehead atoms. The number of anilines is 3. The summed E-state index contributed by atoms with van der Waals surface area (Å²) in [6, 6.07) is 5.48. The van der Waals surface area contributed by atoms with Crippen LogP contribution in [0.3, 0.4) is 0 Å². The number of ether oxygens (including phenoxy) is 2. The van der Waals surface area contributed by atoms with Gasteiger partial charge in [0.1, 0.15) is 29.0 Å². The zero-order valence-corrected chi connectivity index (χ0v) is 22.6. The summed E-state index contributed by atoms with van der Waals surface area (Å²) in [5.74, 6) is 1.20. The summed E-state index contributed by atoms with van der Waals surface area (Å²) in [6.07, 6.45) is 5.56. The number of allylic oxidation sites excluding steroid dienone is 1. The van der Waals surface area contributed by atoms with Gasteiger partial charge in [0.05, 0.1) is 26.0 Å². The van der Waals surface area contributed by atoms with Crippen molar-refractivity contribution >= 4 is 40.2 Å². The maximum atomic E-state index is 12.9. The molecule has 3 N–H and O–H groups in total. The molecule has 1 saturated heterocycles. The number of likely N-dealkylation sites (N-methyl/N-ethyl adjacent to an activating group) is 1. The molecule has 1 aromatic carbocycles. The SMILES string of the molecule is CO/C(=C\C(=N)NC(=O)c1ccc(C)c(Nc2ncnc3cnc(N(C)C4CCOC4)nc23)c1)C(C)(C)C. The number of carbonyl (C=O) groups is 1. The van der Waals surface area contributed by atoms with Crippen LogP contribution in [0.1, 0.15) is 43.1 Å². The number of amides is 1. The Morgan fingerprint density at radius 1 is 1.26 bits per heavy atom. The Morgan fingerprint density at radius 3 is 2.74 bits per heavy atom. The van der Waals surface area contributed by atoms with Crippen LogP contribution in [0.25, 0.3) is 11.0 Å². The second kappa shape index (κ2) is 11.1. The van der Waals surface area contributed by atoms with E-state index in [1.807, 2.05) is 45.7 Å². The van der Waals surface area contributed by atoms with Gasteiger partial charge in [-0.3, -0.25) is 10.2 Å². The average molecular weight is 519 g/mol. The molecule has 200 valence electrons. The van der Waals surface area contributed by atoms with Crippen molar-refractivity contribution in [3.8, 4) is 0 Å². The Kier molecular flexibility index (Phi) is 7.86. The molecule has 0 radical (unpaired) electrons. The van der Waals surface area contributed by atoms with E-state index in [2.05, 4.69) is 25.6 Å². The Balaban J connectivity index is 1.58. The second-order valence-corrected chi connectivity index (χ2v) is 10.2. The number of amidine groups is 1. The van der Waals surface area contributed by atoms with Crippen molar-refractivity contribution in [1.29, 1.82) is 5.41 Å². The maximum Gasteiger partial charge on any atom is 0.256 e. The number of nitrogens with one attached hydrogen (secondary N) is 3. The quantitative estimate of drug-likeness (QED) is 0.241. The normalized spacial score (nSPS) is 15.8. The van der Waals surface area contributed by atoms with Gasteiger partial charge >= 0.3 is 0 Å². The van der Waals surface area contributed by atoms with Crippen LogP contribution in [0.4, 0.5) is 17.5 Å². The molecule has 1 fully saturated rings. The van der Waals surface area contributed by atoms with E-state index >= 15 is 0 Å². The Bertz CT molecular complexity index is 1380. The van der Waals surface area contributed by atoms with Crippen LogP contribution in [-0.2, 0) is 9.47 Å². The molecule has 3 aromatic rings. The van der Waals surface area contributed by atoms with Gasteiger partial charge in [0, 0.05) is 36.4 Å². The van der Waals surface area contributed by atoms with Crippen molar-refractivity contribution in [2.45, 2.75) is 40.2 Å². The van der Waals surface area contributed by atoms with Crippen LogP contribution in [0, 0.1) is 17.7 Å². The van der Waals surface area contributed by atoms with Crippen molar-refractivity contribution < 1.29 is 14.3 Å². The van der Waals surface area contributed by atoms with Crippen LogP contribution in [-0.4, -0.2) is 65.1 Å². The monoisotopic (exact) mass is 518 g/mol. The van der Waals surface area contributed by atoms with Gasteiger partial charge in [-0.15, -0.1) is 0 Å². The van der Waals surface area contributed by atoms with Crippen molar-refractivity contribution in [2.75, 3.05) is 37.6 Å². The standard InChI is InChI=1S/C27H34N8O3/c1-16-7-8-17(25(36)33-22(28)12-21(37-6)27(2,3)4)11-19(16)32-24-23-20(30-15-31-24)13-29-26(34-23)35(5)18-9-10-38-14-18/h7-8,11-13,15,18H,9-10,14H2,1-6H3,(H2,28,33,36)(H,30,31,32)/b21-12-. The highest BCUT2D eigenvalue weighted by Gasteiger charge is 2.23. The third kappa shape index (κ3) is 6.05. The van der Waals surface area contributed by atoms with Crippen LogP contribution >= 0.6 is 0 Å². The molecule has 0 aliphatic carbocycles. The van der Waals surface area contributed by atoms with Gasteiger partial charge in [-0.25, -0.2) is 19.9 Å². The fourth-order valence-electron chi connectivity index (χ4n) is 4.07. The Hall–Kier alpha value is -4.12. The van der Waals surface area contributed by atoms with Crippen molar-refractivity contribution in [1.82, 2.24) is 25.3 Å². The molecule has 2 aromatic heterocycles. The van der Waals surface area contributed by atoms with Gasteiger partial charge in [0.15, 0.2) is 5.82 Å². The summed E-state index contributed by atoms with van der Waals surface area (Å²) in [5, 5.41) is 14.1. The molecule has 1 amide bonds. The summed E-state index contributed by atoms with van der Waals surface area (Å²) in [5.41, 5.74) is 2.86. The minimum Gasteiger partial charge on any atom is -0.500 e. The molecule has 0 spiro atoms. The van der Waals surface area contributed by atoms with Crippen molar-refractivity contribution in [2.24, 2.45) is 5.41 Å². The van der Waals surface area contributed by atoms with Crippen LogP contribution in [0.2, 0.25) is 0 Å². The number of nitrogens with zero attached hydrogens (tertiary/aromatic N) is 5. The topological polar surface area (TPSA) is 138 Å². The Labute approximate surface area is 222 Å². The number of carbonyl (C=O) groups excluding carboxylic acids is 1. The highest BCUT2D eigenvalue weighted by molar-refractivity contribution is 6.09. The third-order valence-corrected chi connectivity index (χ3v) is 6.37. The second-order valence-electron chi connectivity index (χ2n) is 10.2. The van der Waals surface area contributed by atoms with E-state index in [0.29, 0.717) is 46.4 Å². The zero-order chi connectivity index (χ0) is 27.4. The molecule has 0 saturated carbocycles. The maximum absolute atomic E-state index is 12.9. The van der Waals surface area contributed by atoms with Crippen LogP contribution in [0.15, 0.2) is 42.6 Å². The lowest BCUT2D eigenvalue weighted by Crippen LogP contribution is -2.33. The van der Waals surface area contributed by atoms with E-state index in [1.54, 1.807) is 25.4 Å². The van der Waals surface area contributed by atoms with Gasteiger partial charge in [-0.05, 0) is 31.0 Å². The third-order valence-electron chi connectivity index (χ3n) is 6.37. The number of hydrogen-bond donors (Lipinski definition) is 3. The molecule has 3 heterocycles. The predicted molar refractivity (Wildman–Crippen MR) is 147 cm³/mol. The number of benzene rings is 1. The molecular weight excluding hydrogens is 484 g/mol. The van der Waals surface area contributed by atoms with Crippen LogP contribution in [0.5, 0.6) is 0 Å². The molecular formula is C27H34N8O3. The average Bonchev–Trinajstić information content (AvgIpc) is 3.42. The van der Waals surface area contributed by atoms with Gasteiger partial charge < -0.3 is 25.0 Å². The summed E-state index contributed by atoms with van der Waals surface area (Å²) >= 11 is 0. The van der Waals surface area contributed by atoms with Gasteiger partial charge in [-0.2, -0.15) is 0 Å². The van der Waals surface area contributed by atoms with E-state index in [0.717, 1.165) is 18.6 Å². The van der Waals surface area contributed by atoms with E-state index in [-0.39, 0.29) is 17.3 Å². The highest BCUT2D eigenvalue weighted by atomic mass is 16.5. The van der Waals surface area contributed by atoms with Gasteiger partial charge in [-0.1, -0.05) is 26.8 Å². The fraction of sp³-hybridized carbons (Fsp3) is 0.407. The Morgan fingerprint density at radius 2 is 2.05 bits per heavy atom. The highest BCUT2D eigenvalue weighted by Crippen LogP contribution is 2.27. The van der Waals surface area contributed by atoms with Crippen molar-refractivity contribution in [3.05, 3.63) is 53.7 Å². The number of fused-ring (bicyclic) bond motifs is 1. The van der Waals surface area contributed by atoms with Crippen molar-refractivity contribution in [3.63, 3.8) is 0 Å². The number of methoxy groups -OCH3 is 1. The predicted octanol–water partition coefficient (Wildman–Crippen LogP) is 3.98. The summed E-state index contributed by atoms with van der Waals surface area (Å²) in [7, 11) is 3.50. The van der Waals surface area contributed by atoms with Crippen LogP contribution < -0.4 is 15.5 Å². The first-order valence-corrected chi connectivity index (χ1v) is 12.4. The largest absolute Gasteiger partial charge is 0.500 e. The lowest BCUT2D eigenvalue weighted by Gasteiger charge is -2.23.